The number of carbonyl (C=O) groups excluding carboxylic acids is 2. The van der Waals surface area contributed by atoms with Crippen LogP contribution in [0.4, 0.5) is 0 Å². The number of amides is 2. The minimum atomic E-state index is -0.102. The Kier molecular flexibility index (Phi) is 37.2. The van der Waals surface area contributed by atoms with Gasteiger partial charge in [0, 0.05) is 18.7 Å². The van der Waals surface area contributed by atoms with Crippen LogP contribution in [0.25, 0.3) is 0 Å². The second-order valence-corrected chi connectivity index (χ2v) is 16.7. The van der Waals surface area contributed by atoms with Gasteiger partial charge < -0.3 is 15.4 Å². The number of rotatable bonds is 42. The van der Waals surface area contributed by atoms with Crippen molar-refractivity contribution in [3.8, 4) is 5.75 Å². The monoisotopic (exact) mass is 769 g/mol. The van der Waals surface area contributed by atoms with Crippen LogP contribution in [0.2, 0.25) is 0 Å². The van der Waals surface area contributed by atoms with Crippen molar-refractivity contribution in [1.82, 2.24) is 10.6 Å². The molecule has 5 heteroatoms. The van der Waals surface area contributed by atoms with E-state index >= 15 is 0 Å². The molecule has 0 saturated heterocycles. The third-order valence-electron chi connectivity index (χ3n) is 11.4. The minimum absolute atomic E-state index is 0.0829. The molecule has 1 rings (SSSR count). The lowest BCUT2D eigenvalue weighted by atomic mass is 10.0. The van der Waals surface area contributed by atoms with E-state index in [1.54, 1.807) is 18.2 Å². The number of carbonyl (C=O) groups is 2. The first kappa shape index (κ1) is 51.0. The number of ether oxygens (including phenoxy) is 1. The highest BCUT2D eigenvalue weighted by molar-refractivity contribution is 6.00. The average molecular weight is 769 g/mol. The van der Waals surface area contributed by atoms with Crippen molar-refractivity contribution in [2.75, 3.05) is 19.7 Å². The lowest BCUT2D eigenvalue weighted by Crippen LogP contribution is -2.26. The summed E-state index contributed by atoms with van der Waals surface area (Å²) in [6, 6.07) is 5.35. The van der Waals surface area contributed by atoms with E-state index in [1.165, 1.54) is 193 Å². The van der Waals surface area contributed by atoms with Crippen LogP contribution < -0.4 is 15.4 Å². The average Bonchev–Trinajstić information content (AvgIpc) is 3.20. The molecule has 0 radical (unpaired) electrons. The Balaban J connectivity index is 2.42. The normalized spacial score (nSPS) is 11.3. The highest BCUT2D eigenvalue weighted by Crippen LogP contribution is 2.22. The molecule has 0 atom stereocenters. The van der Waals surface area contributed by atoms with Crippen molar-refractivity contribution in [3.05, 3.63) is 29.3 Å². The Morgan fingerprint density at radius 3 is 1.07 bits per heavy atom. The molecule has 2 amide bonds. The van der Waals surface area contributed by atoms with Gasteiger partial charge in [-0.3, -0.25) is 9.59 Å². The Hall–Kier alpha value is -2.04. The summed E-state index contributed by atoms with van der Waals surface area (Å²) < 4.78 is 6.25. The fourth-order valence-corrected chi connectivity index (χ4v) is 7.63. The van der Waals surface area contributed by atoms with Gasteiger partial charge >= 0.3 is 0 Å². The zero-order valence-corrected chi connectivity index (χ0v) is 37.0. The Bertz CT molecular complexity index is 995. The van der Waals surface area contributed by atoms with Gasteiger partial charge in [-0.15, -0.1) is 0 Å². The quantitative estimate of drug-likeness (QED) is 0.0651. The zero-order valence-electron chi connectivity index (χ0n) is 37.0. The van der Waals surface area contributed by atoms with Crippen molar-refractivity contribution in [2.24, 2.45) is 0 Å². The molecule has 2 N–H and O–H groups in total. The van der Waals surface area contributed by atoms with Crippen molar-refractivity contribution < 1.29 is 14.3 Å². The van der Waals surface area contributed by atoms with Gasteiger partial charge in [0.05, 0.1) is 12.2 Å². The number of hydrogen-bond donors (Lipinski definition) is 2. The van der Waals surface area contributed by atoms with Gasteiger partial charge in [-0.05, 0) is 37.5 Å². The van der Waals surface area contributed by atoms with Crippen LogP contribution in [0.3, 0.4) is 0 Å². The maximum Gasteiger partial charge on any atom is 0.255 e. The topological polar surface area (TPSA) is 67.4 Å². The molecule has 55 heavy (non-hydrogen) atoms. The molecule has 0 unspecified atom stereocenters. The van der Waals surface area contributed by atoms with Crippen LogP contribution in [0.15, 0.2) is 18.2 Å². The Morgan fingerprint density at radius 2 is 0.709 bits per heavy atom. The third kappa shape index (κ3) is 31.7. The molecule has 0 heterocycles. The molecule has 0 saturated carbocycles. The van der Waals surface area contributed by atoms with Crippen LogP contribution in [0, 0.1) is 0 Å². The number of unbranched alkanes of at least 4 members (excludes halogenated alkanes) is 33. The van der Waals surface area contributed by atoms with E-state index in [0.29, 0.717) is 36.6 Å². The minimum Gasteiger partial charge on any atom is -0.493 e. The summed E-state index contributed by atoms with van der Waals surface area (Å²) in [6.07, 6.45) is 46.9. The molecule has 320 valence electrons. The van der Waals surface area contributed by atoms with Gasteiger partial charge in [-0.2, -0.15) is 0 Å². The highest BCUT2D eigenvalue weighted by atomic mass is 16.5. The summed E-state index contributed by atoms with van der Waals surface area (Å²) >= 11 is 0. The molecule has 0 aliphatic heterocycles. The number of hydrogen-bond acceptors (Lipinski definition) is 3. The lowest BCUT2D eigenvalue weighted by molar-refractivity contribution is 0.0937. The van der Waals surface area contributed by atoms with E-state index < -0.39 is 0 Å². The molecule has 0 bridgehead atoms. The van der Waals surface area contributed by atoms with Gasteiger partial charge in [-0.25, -0.2) is 0 Å². The molecule has 0 spiro atoms. The number of nitrogens with one attached hydrogen (secondary N) is 2. The van der Waals surface area contributed by atoms with E-state index in [1.807, 2.05) is 0 Å². The van der Waals surface area contributed by atoms with Crippen LogP contribution in [0.5, 0.6) is 5.75 Å². The van der Waals surface area contributed by atoms with Gasteiger partial charge in [0.15, 0.2) is 0 Å². The van der Waals surface area contributed by atoms with Crippen molar-refractivity contribution >= 4 is 11.8 Å². The van der Waals surface area contributed by atoms with Crippen LogP contribution >= 0.6 is 0 Å². The first-order valence-electron chi connectivity index (χ1n) is 24.5. The van der Waals surface area contributed by atoms with E-state index in [9.17, 15) is 9.59 Å². The second-order valence-electron chi connectivity index (χ2n) is 16.7. The molecular formula is C50H92N2O3. The van der Waals surface area contributed by atoms with E-state index in [2.05, 4.69) is 31.4 Å². The van der Waals surface area contributed by atoms with Crippen molar-refractivity contribution in [3.63, 3.8) is 0 Å². The van der Waals surface area contributed by atoms with Gasteiger partial charge in [0.2, 0.25) is 0 Å². The van der Waals surface area contributed by atoms with Crippen molar-refractivity contribution in [1.29, 1.82) is 0 Å². The van der Waals surface area contributed by atoms with Gasteiger partial charge in [0.1, 0.15) is 5.75 Å². The van der Waals surface area contributed by atoms with E-state index in [-0.39, 0.29) is 11.8 Å². The fourth-order valence-electron chi connectivity index (χ4n) is 7.63. The first-order valence-corrected chi connectivity index (χ1v) is 24.5. The predicted octanol–water partition coefficient (Wildman–Crippen LogP) is 15.6. The SMILES string of the molecule is CCCCCCCCCCCCCCCCCCOc1cc(C(=O)NCCCCCCCCCCCC)ccc1C(=O)NCCCCCCCCCCCC. The molecular weight excluding hydrogens is 677 g/mol. The molecule has 1 aromatic rings. The molecule has 1 aromatic carbocycles. The van der Waals surface area contributed by atoms with E-state index in [0.717, 1.165) is 38.5 Å². The Morgan fingerprint density at radius 1 is 0.400 bits per heavy atom. The molecule has 5 nitrogen and oxygen atoms in total. The smallest absolute Gasteiger partial charge is 0.255 e. The van der Waals surface area contributed by atoms with Crippen LogP contribution in [-0.4, -0.2) is 31.5 Å². The summed E-state index contributed by atoms with van der Waals surface area (Å²) in [5.74, 6) is 0.351. The van der Waals surface area contributed by atoms with Gasteiger partial charge in [-0.1, -0.05) is 233 Å². The predicted molar refractivity (Wildman–Crippen MR) is 240 cm³/mol. The zero-order chi connectivity index (χ0) is 39.7. The fraction of sp³-hybridized carbons (Fsp3) is 0.840. The molecule has 0 aliphatic carbocycles. The molecule has 0 aromatic heterocycles. The van der Waals surface area contributed by atoms with Crippen LogP contribution in [-0.2, 0) is 0 Å². The maximum absolute atomic E-state index is 13.3. The number of benzene rings is 1. The maximum atomic E-state index is 13.3. The van der Waals surface area contributed by atoms with Crippen LogP contribution in [0.1, 0.15) is 273 Å². The molecule has 0 fully saturated rings. The standard InChI is InChI=1S/C50H92N2O3/c1-4-7-10-13-16-19-22-23-24-25-26-27-30-33-36-39-44-55-48-45-46(49(53)51-42-37-34-31-28-20-17-14-11-8-5-2)40-41-47(48)50(54)52-43-38-35-32-29-21-18-15-12-9-6-3/h40-41,45H,4-39,42-44H2,1-3H3,(H,51,53)(H,52,54). The largest absolute Gasteiger partial charge is 0.493 e. The second kappa shape index (κ2) is 40.2. The lowest BCUT2D eigenvalue weighted by Gasteiger charge is -2.14. The first-order chi connectivity index (χ1) is 27.1. The summed E-state index contributed by atoms with van der Waals surface area (Å²) in [5, 5.41) is 6.23. The summed E-state index contributed by atoms with van der Waals surface area (Å²) in [7, 11) is 0. The van der Waals surface area contributed by atoms with E-state index in [4.69, 9.17) is 4.74 Å². The summed E-state index contributed by atoms with van der Waals surface area (Å²) in [5.41, 5.74) is 1.11. The third-order valence-corrected chi connectivity index (χ3v) is 11.4. The summed E-state index contributed by atoms with van der Waals surface area (Å²) in [6.45, 7) is 8.75. The Labute approximate surface area is 342 Å². The van der Waals surface area contributed by atoms with Gasteiger partial charge in [0.25, 0.3) is 11.8 Å². The molecule has 0 aliphatic rings. The highest BCUT2D eigenvalue weighted by Gasteiger charge is 2.16. The van der Waals surface area contributed by atoms with Crippen molar-refractivity contribution in [2.45, 2.75) is 252 Å². The summed E-state index contributed by atoms with van der Waals surface area (Å²) in [4.78, 5) is 26.4.